The number of piperazine rings is 1. The van der Waals surface area contributed by atoms with E-state index >= 15 is 0 Å². The Morgan fingerprint density at radius 2 is 1.87 bits per heavy atom. The number of hydrogen-bond acceptors (Lipinski definition) is 5. The van der Waals surface area contributed by atoms with Gasteiger partial charge in [-0.2, -0.15) is 0 Å². The van der Waals surface area contributed by atoms with Crippen LogP contribution in [0.25, 0.3) is 22.3 Å². The van der Waals surface area contributed by atoms with Gasteiger partial charge in [-0.25, -0.2) is 9.97 Å². The maximum absolute atomic E-state index is 12.4. The summed E-state index contributed by atoms with van der Waals surface area (Å²) in [6.45, 7) is 7.24. The number of nitrogens with one attached hydrogen (secondary N) is 1. The van der Waals surface area contributed by atoms with Crippen LogP contribution in [0.4, 0.5) is 5.82 Å². The fourth-order valence-electron chi connectivity index (χ4n) is 4.47. The number of H-pyrrole nitrogens is 1. The first-order chi connectivity index (χ1) is 14.8. The highest BCUT2D eigenvalue weighted by Crippen LogP contribution is 2.29. The molecule has 0 aromatic carbocycles. The molecule has 162 valence electrons. The Bertz CT molecular complexity index is 1130. The van der Waals surface area contributed by atoms with Crippen molar-refractivity contribution in [1.82, 2.24) is 24.8 Å². The van der Waals surface area contributed by atoms with Crippen molar-refractivity contribution in [2.24, 2.45) is 0 Å². The van der Waals surface area contributed by atoms with Crippen molar-refractivity contribution in [3.63, 3.8) is 0 Å². The van der Waals surface area contributed by atoms with E-state index in [-0.39, 0.29) is 23.9 Å². The van der Waals surface area contributed by atoms with Gasteiger partial charge in [0.1, 0.15) is 11.5 Å². The van der Waals surface area contributed by atoms with Crippen molar-refractivity contribution < 1.29 is 9.59 Å². The van der Waals surface area contributed by atoms with Crippen LogP contribution in [0.15, 0.2) is 36.7 Å². The molecular formula is C23H28N6O2. The highest BCUT2D eigenvalue weighted by atomic mass is 16.2. The third-order valence-electron chi connectivity index (χ3n) is 5.80. The number of nitrogens with zero attached hydrogens (tertiary/aromatic N) is 5. The summed E-state index contributed by atoms with van der Waals surface area (Å²) in [6, 6.07) is 8.05. The summed E-state index contributed by atoms with van der Waals surface area (Å²) in [5, 5.41) is 0.862. The van der Waals surface area contributed by atoms with Crippen LogP contribution in [0.1, 0.15) is 31.1 Å². The number of rotatable bonds is 3. The summed E-state index contributed by atoms with van der Waals surface area (Å²) >= 11 is 0. The highest BCUT2D eigenvalue weighted by Gasteiger charge is 2.31. The van der Waals surface area contributed by atoms with Gasteiger partial charge in [0.25, 0.3) is 5.91 Å². The average Bonchev–Trinajstić information content (AvgIpc) is 3.15. The molecule has 1 aliphatic heterocycles. The molecule has 8 heteroatoms. The van der Waals surface area contributed by atoms with Crippen molar-refractivity contribution in [2.45, 2.75) is 32.9 Å². The first-order valence-corrected chi connectivity index (χ1v) is 10.5. The van der Waals surface area contributed by atoms with E-state index in [4.69, 9.17) is 4.98 Å². The molecule has 8 nitrogen and oxygen atoms in total. The SMILES string of the molecule is CC(=O)N1[C@H](C)CN(c2cccc(-c3c[nH]c4ncc(C(=O)N(C)C)cc34)n2)C[C@@H]1C. The Hall–Kier alpha value is -3.42. The van der Waals surface area contributed by atoms with E-state index in [2.05, 4.69) is 28.7 Å². The Kier molecular flexibility index (Phi) is 5.39. The number of fused-ring (bicyclic) bond motifs is 1. The lowest BCUT2D eigenvalue weighted by molar-refractivity contribution is -0.133. The molecule has 1 saturated heterocycles. The van der Waals surface area contributed by atoms with E-state index in [1.54, 1.807) is 27.2 Å². The lowest BCUT2D eigenvalue weighted by Gasteiger charge is -2.44. The third-order valence-corrected chi connectivity index (χ3v) is 5.80. The van der Waals surface area contributed by atoms with Crippen LogP contribution >= 0.6 is 0 Å². The zero-order chi connectivity index (χ0) is 22.3. The van der Waals surface area contributed by atoms with Gasteiger partial charge in [-0.15, -0.1) is 0 Å². The molecular weight excluding hydrogens is 392 g/mol. The van der Waals surface area contributed by atoms with E-state index in [1.807, 2.05) is 35.4 Å². The Balaban J connectivity index is 1.68. The molecule has 0 spiro atoms. The molecule has 4 heterocycles. The molecule has 4 rings (SSSR count). The van der Waals surface area contributed by atoms with Crippen molar-refractivity contribution in [1.29, 1.82) is 0 Å². The number of aromatic nitrogens is 3. The van der Waals surface area contributed by atoms with Crippen LogP contribution < -0.4 is 4.90 Å². The van der Waals surface area contributed by atoms with Crippen LogP contribution in [0.5, 0.6) is 0 Å². The van der Waals surface area contributed by atoms with Crippen LogP contribution in [0.3, 0.4) is 0 Å². The number of hydrogen-bond donors (Lipinski definition) is 1. The predicted molar refractivity (Wildman–Crippen MR) is 121 cm³/mol. The first kappa shape index (κ1) is 20.8. The van der Waals surface area contributed by atoms with E-state index in [0.717, 1.165) is 41.2 Å². The molecule has 0 saturated carbocycles. The molecule has 3 aromatic heterocycles. The first-order valence-electron chi connectivity index (χ1n) is 10.5. The Morgan fingerprint density at radius 1 is 1.16 bits per heavy atom. The summed E-state index contributed by atoms with van der Waals surface area (Å²) < 4.78 is 0. The number of carbonyl (C=O) groups is 2. The van der Waals surface area contributed by atoms with Crippen molar-refractivity contribution in [3.8, 4) is 11.3 Å². The van der Waals surface area contributed by atoms with Gasteiger partial charge < -0.3 is 19.7 Å². The highest BCUT2D eigenvalue weighted by molar-refractivity contribution is 6.00. The number of pyridine rings is 2. The lowest BCUT2D eigenvalue weighted by Crippen LogP contribution is -2.58. The smallest absolute Gasteiger partial charge is 0.254 e. The zero-order valence-corrected chi connectivity index (χ0v) is 18.6. The van der Waals surface area contributed by atoms with Crippen molar-refractivity contribution in [3.05, 3.63) is 42.2 Å². The standard InChI is InChI=1S/C23H28N6O2/c1-14-12-28(13-15(2)29(14)16(3)30)21-8-6-7-20(26-21)19-11-25-22-18(19)9-17(10-24-22)23(31)27(4)5/h6-11,14-15H,12-13H2,1-5H3,(H,24,25)/t14-,15+. The second-order valence-electron chi connectivity index (χ2n) is 8.43. The average molecular weight is 421 g/mol. The van der Waals surface area contributed by atoms with E-state index in [9.17, 15) is 9.59 Å². The number of amides is 2. The fourth-order valence-corrected chi connectivity index (χ4v) is 4.47. The van der Waals surface area contributed by atoms with Gasteiger partial charge in [-0.3, -0.25) is 9.59 Å². The minimum Gasteiger partial charge on any atom is -0.352 e. The van der Waals surface area contributed by atoms with Gasteiger partial charge in [0.2, 0.25) is 5.91 Å². The topological polar surface area (TPSA) is 85.4 Å². The minimum absolute atomic E-state index is 0.0884. The molecule has 0 radical (unpaired) electrons. The summed E-state index contributed by atoms with van der Waals surface area (Å²) in [6.07, 6.45) is 3.47. The van der Waals surface area contributed by atoms with Crippen LogP contribution in [0.2, 0.25) is 0 Å². The monoisotopic (exact) mass is 420 g/mol. The number of carbonyl (C=O) groups excluding carboxylic acids is 2. The Morgan fingerprint density at radius 3 is 2.52 bits per heavy atom. The lowest BCUT2D eigenvalue weighted by atomic mass is 10.1. The van der Waals surface area contributed by atoms with Crippen molar-refractivity contribution in [2.75, 3.05) is 32.1 Å². The quantitative estimate of drug-likeness (QED) is 0.704. The number of aromatic amines is 1. The molecule has 0 aliphatic carbocycles. The molecule has 31 heavy (non-hydrogen) atoms. The van der Waals surface area contributed by atoms with Gasteiger partial charge in [0.05, 0.1) is 11.3 Å². The molecule has 0 bridgehead atoms. The third kappa shape index (κ3) is 3.85. The van der Waals surface area contributed by atoms with Gasteiger partial charge in [0, 0.05) is 69.5 Å². The van der Waals surface area contributed by atoms with E-state index in [1.165, 1.54) is 4.90 Å². The number of anilines is 1. The molecule has 0 unspecified atom stereocenters. The van der Waals surface area contributed by atoms with Gasteiger partial charge >= 0.3 is 0 Å². The summed E-state index contributed by atoms with van der Waals surface area (Å²) in [4.78, 5) is 42.6. The van der Waals surface area contributed by atoms with Gasteiger partial charge in [-0.05, 0) is 32.0 Å². The van der Waals surface area contributed by atoms with Crippen LogP contribution in [0, 0.1) is 0 Å². The van der Waals surface area contributed by atoms with E-state index < -0.39 is 0 Å². The van der Waals surface area contributed by atoms with Crippen LogP contribution in [-0.2, 0) is 4.79 Å². The van der Waals surface area contributed by atoms with Crippen LogP contribution in [-0.4, -0.2) is 75.8 Å². The maximum atomic E-state index is 12.4. The fraction of sp³-hybridized carbons (Fsp3) is 0.391. The Labute approximate surface area is 181 Å². The second-order valence-corrected chi connectivity index (χ2v) is 8.43. The maximum Gasteiger partial charge on any atom is 0.254 e. The van der Waals surface area contributed by atoms with Gasteiger partial charge in [-0.1, -0.05) is 6.07 Å². The normalized spacial score (nSPS) is 19.0. The summed E-state index contributed by atoms with van der Waals surface area (Å²) in [7, 11) is 3.45. The minimum atomic E-state index is -0.0884. The molecule has 1 aliphatic rings. The largest absolute Gasteiger partial charge is 0.352 e. The predicted octanol–water partition coefficient (Wildman–Crippen LogP) is 2.77. The van der Waals surface area contributed by atoms with Gasteiger partial charge in [0.15, 0.2) is 0 Å². The van der Waals surface area contributed by atoms with Crippen molar-refractivity contribution >= 4 is 28.7 Å². The molecule has 1 N–H and O–H groups in total. The second kappa shape index (κ2) is 8.02. The zero-order valence-electron chi connectivity index (χ0n) is 18.6. The van der Waals surface area contributed by atoms with E-state index in [0.29, 0.717) is 5.56 Å². The molecule has 1 fully saturated rings. The summed E-state index contributed by atoms with van der Waals surface area (Å²) in [5.41, 5.74) is 2.97. The summed E-state index contributed by atoms with van der Waals surface area (Å²) in [5.74, 6) is 0.896. The molecule has 2 atom stereocenters. The molecule has 3 aromatic rings. The molecule has 2 amide bonds.